The average molecular weight is 493 g/mol. The number of fused-ring (bicyclic) bond motifs is 8. The van der Waals surface area contributed by atoms with Crippen LogP contribution < -0.4 is 9.64 Å². The number of carbonyl (C=O) groups is 3. The number of methoxy groups -OCH3 is 1. The van der Waals surface area contributed by atoms with Crippen molar-refractivity contribution in [2.75, 3.05) is 25.1 Å². The molecular weight excluding hydrogens is 468 g/mol. The van der Waals surface area contributed by atoms with Crippen LogP contribution in [0.5, 0.6) is 5.75 Å². The molecule has 1 N–H and O–H groups in total. The van der Waals surface area contributed by atoms with Gasteiger partial charge in [0.25, 0.3) is 11.8 Å². The van der Waals surface area contributed by atoms with E-state index < -0.39 is 6.17 Å². The number of aromatic amines is 1. The predicted molar refractivity (Wildman–Crippen MR) is 137 cm³/mol. The van der Waals surface area contributed by atoms with Gasteiger partial charge in [-0.05, 0) is 36.4 Å². The van der Waals surface area contributed by atoms with E-state index in [4.69, 9.17) is 4.74 Å². The van der Waals surface area contributed by atoms with Crippen molar-refractivity contribution >= 4 is 34.3 Å². The highest BCUT2D eigenvalue weighted by atomic mass is 16.5. The second kappa shape index (κ2) is 7.96. The molecule has 8 heteroatoms. The number of hydrogen-bond donors (Lipinski definition) is 1. The van der Waals surface area contributed by atoms with Gasteiger partial charge in [0, 0.05) is 52.8 Å². The van der Waals surface area contributed by atoms with Crippen LogP contribution in [0.1, 0.15) is 43.7 Å². The van der Waals surface area contributed by atoms with Crippen molar-refractivity contribution in [3.63, 3.8) is 0 Å². The van der Waals surface area contributed by atoms with Gasteiger partial charge in [-0.3, -0.25) is 19.3 Å². The van der Waals surface area contributed by atoms with Crippen molar-refractivity contribution in [3.8, 4) is 5.75 Å². The first-order valence-corrected chi connectivity index (χ1v) is 12.3. The van der Waals surface area contributed by atoms with Gasteiger partial charge in [0.15, 0.2) is 0 Å². The number of para-hydroxylation sites is 1. The fraction of sp³-hybridized carbons (Fsp3) is 0.207. The summed E-state index contributed by atoms with van der Waals surface area (Å²) in [6.45, 7) is 0.888. The Morgan fingerprint density at radius 2 is 1.78 bits per heavy atom. The number of H-pyrrole nitrogens is 1. The van der Waals surface area contributed by atoms with Gasteiger partial charge in [-0.1, -0.05) is 30.3 Å². The zero-order chi connectivity index (χ0) is 25.3. The van der Waals surface area contributed by atoms with Crippen molar-refractivity contribution in [1.82, 2.24) is 14.8 Å². The number of benzene rings is 3. The van der Waals surface area contributed by atoms with E-state index in [1.165, 1.54) is 0 Å². The molecule has 0 unspecified atom stereocenters. The van der Waals surface area contributed by atoms with Crippen molar-refractivity contribution in [2.24, 2.45) is 0 Å². The summed E-state index contributed by atoms with van der Waals surface area (Å²) in [5, 5.41) is 1.04. The standard InChI is InChI=1S/C29H24N4O4/c1-37-17-10-11-23-21(14-17)22-15-31(13-12-24(22)30-23)26(34)16-32-27-18-6-2-3-7-19(18)29(36)33(27)25-9-5-4-8-20(25)28(32)35/h2-11,14,27,30H,12-13,15-16H2,1H3/t27-/m0/s1. The molecule has 0 aliphatic carbocycles. The Labute approximate surface area is 213 Å². The Morgan fingerprint density at radius 3 is 2.62 bits per heavy atom. The monoisotopic (exact) mass is 492 g/mol. The van der Waals surface area contributed by atoms with Gasteiger partial charge in [-0.25, -0.2) is 0 Å². The van der Waals surface area contributed by atoms with Gasteiger partial charge >= 0.3 is 0 Å². The summed E-state index contributed by atoms with van der Waals surface area (Å²) in [7, 11) is 1.64. The summed E-state index contributed by atoms with van der Waals surface area (Å²) in [6.07, 6.45) is 0.0545. The first kappa shape index (κ1) is 21.7. The fourth-order valence-corrected chi connectivity index (χ4v) is 5.91. The summed E-state index contributed by atoms with van der Waals surface area (Å²) >= 11 is 0. The Morgan fingerprint density at radius 1 is 1.00 bits per heavy atom. The number of aromatic nitrogens is 1. The number of nitrogens with one attached hydrogen (secondary N) is 1. The summed E-state index contributed by atoms with van der Waals surface area (Å²) in [6, 6.07) is 20.3. The third kappa shape index (κ3) is 3.11. The van der Waals surface area contributed by atoms with E-state index in [0.717, 1.165) is 33.5 Å². The first-order chi connectivity index (χ1) is 18.0. The molecular formula is C29H24N4O4. The highest BCUT2D eigenvalue weighted by Gasteiger charge is 2.48. The Balaban J connectivity index is 1.23. The number of carbonyl (C=O) groups excluding carboxylic acids is 3. The second-order valence-electron chi connectivity index (χ2n) is 9.65. The minimum Gasteiger partial charge on any atom is -0.497 e. The van der Waals surface area contributed by atoms with E-state index in [9.17, 15) is 14.4 Å². The molecule has 37 heavy (non-hydrogen) atoms. The van der Waals surface area contributed by atoms with Crippen LogP contribution in [0.25, 0.3) is 10.9 Å². The lowest BCUT2D eigenvalue weighted by Crippen LogP contribution is -2.52. The van der Waals surface area contributed by atoms with Crippen LogP contribution in [0.4, 0.5) is 5.69 Å². The maximum Gasteiger partial charge on any atom is 0.260 e. The number of nitrogens with zero attached hydrogens (tertiary/aromatic N) is 3. The van der Waals surface area contributed by atoms with E-state index in [0.29, 0.717) is 36.3 Å². The highest BCUT2D eigenvalue weighted by molar-refractivity contribution is 6.17. The molecule has 3 aliphatic heterocycles. The SMILES string of the molecule is COc1ccc2[nH]c3c(c2c1)CN(C(=O)CN1C(=O)c2ccccc2N2C(=O)c4ccccc4[C@@H]12)CC3. The number of amides is 3. The highest BCUT2D eigenvalue weighted by Crippen LogP contribution is 2.45. The van der Waals surface area contributed by atoms with Gasteiger partial charge in [-0.2, -0.15) is 0 Å². The van der Waals surface area contributed by atoms with E-state index in [2.05, 4.69) is 4.98 Å². The normalized spacial score (nSPS) is 18.0. The lowest BCUT2D eigenvalue weighted by Gasteiger charge is -2.41. The minimum absolute atomic E-state index is 0.114. The first-order valence-electron chi connectivity index (χ1n) is 12.3. The molecule has 0 saturated heterocycles. The summed E-state index contributed by atoms with van der Waals surface area (Å²) < 4.78 is 5.40. The topological polar surface area (TPSA) is 85.9 Å². The average Bonchev–Trinajstić information content (AvgIpc) is 3.45. The molecule has 0 fully saturated rings. The van der Waals surface area contributed by atoms with Crippen LogP contribution in [0, 0.1) is 0 Å². The van der Waals surface area contributed by atoms with E-state index in [-0.39, 0.29) is 24.3 Å². The summed E-state index contributed by atoms with van der Waals surface area (Å²) in [5.41, 5.74) is 5.52. The van der Waals surface area contributed by atoms with Gasteiger partial charge in [0.1, 0.15) is 18.5 Å². The number of rotatable bonds is 3. The molecule has 0 radical (unpaired) electrons. The smallest absolute Gasteiger partial charge is 0.260 e. The van der Waals surface area contributed by atoms with E-state index in [1.54, 1.807) is 46.1 Å². The van der Waals surface area contributed by atoms with Crippen LogP contribution in [-0.2, 0) is 17.8 Å². The molecule has 7 rings (SSSR count). The maximum absolute atomic E-state index is 13.7. The van der Waals surface area contributed by atoms with Crippen LogP contribution >= 0.6 is 0 Å². The number of hydrogen-bond acceptors (Lipinski definition) is 4. The molecule has 3 amide bonds. The molecule has 0 saturated carbocycles. The van der Waals surface area contributed by atoms with Crippen molar-refractivity contribution in [1.29, 1.82) is 0 Å². The van der Waals surface area contributed by atoms with Gasteiger partial charge in [0.05, 0.1) is 18.4 Å². The fourth-order valence-electron chi connectivity index (χ4n) is 5.91. The lowest BCUT2D eigenvalue weighted by atomic mass is 10.0. The molecule has 0 spiro atoms. The van der Waals surface area contributed by atoms with Crippen LogP contribution in [-0.4, -0.2) is 52.7 Å². The number of anilines is 1. The molecule has 0 bridgehead atoms. The molecule has 4 heterocycles. The zero-order valence-corrected chi connectivity index (χ0v) is 20.2. The largest absolute Gasteiger partial charge is 0.497 e. The predicted octanol–water partition coefficient (Wildman–Crippen LogP) is 3.88. The van der Waals surface area contributed by atoms with Crippen LogP contribution in [0.3, 0.4) is 0 Å². The van der Waals surface area contributed by atoms with E-state index in [1.807, 2.05) is 42.5 Å². The Kier molecular flexibility index (Phi) is 4.66. The molecule has 4 aromatic rings. The van der Waals surface area contributed by atoms with Crippen molar-refractivity contribution in [3.05, 3.63) is 94.7 Å². The number of ether oxygens (including phenoxy) is 1. The molecule has 1 atom stereocenters. The molecule has 1 aromatic heterocycles. The summed E-state index contributed by atoms with van der Waals surface area (Å²) in [5.74, 6) is 0.213. The Hall–Kier alpha value is -4.59. The van der Waals surface area contributed by atoms with Gasteiger partial charge in [-0.15, -0.1) is 0 Å². The van der Waals surface area contributed by atoms with E-state index >= 15 is 0 Å². The maximum atomic E-state index is 13.7. The minimum atomic E-state index is -0.646. The van der Waals surface area contributed by atoms with Crippen LogP contribution in [0.15, 0.2) is 66.7 Å². The molecule has 184 valence electrons. The van der Waals surface area contributed by atoms with Crippen molar-refractivity contribution < 1.29 is 19.1 Å². The quantitative estimate of drug-likeness (QED) is 0.470. The van der Waals surface area contributed by atoms with Crippen LogP contribution in [0.2, 0.25) is 0 Å². The molecule has 8 nitrogen and oxygen atoms in total. The third-order valence-corrected chi connectivity index (χ3v) is 7.72. The second-order valence-corrected chi connectivity index (χ2v) is 9.65. The lowest BCUT2D eigenvalue weighted by molar-refractivity contribution is -0.133. The van der Waals surface area contributed by atoms with Crippen molar-refractivity contribution in [2.45, 2.75) is 19.1 Å². The Bertz CT molecular complexity index is 1620. The summed E-state index contributed by atoms with van der Waals surface area (Å²) in [4.78, 5) is 49.2. The van der Waals surface area contributed by atoms with Gasteiger partial charge in [0.2, 0.25) is 5.91 Å². The van der Waals surface area contributed by atoms with Gasteiger partial charge < -0.3 is 19.5 Å². The zero-order valence-electron chi connectivity index (χ0n) is 20.2. The third-order valence-electron chi connectivity index (χ3n) is 7.72. The molecule has 3 aliphatic rings. The molecule has 3 aromatic carbocycles.